The average molecular weight is 388 g/mol. The molecule has 1 rings (SSSR count). The summed E-state index contributed by atoms with van der Waals surface area (Å²) in [6.07, 6.45) is 2.62. The van der Waals surface area contributed by atoms with Crippen molar-refractivity contribution >= 4 is 16.2 Å². The van der Waals surface area contributed by atoms with E-state index in [9.17, 15) is 13.0 Å². The topological polar surface area (TPSA) is 66.4 Å². The van der Waals surface area contributed by atoms with E-state index in [0.717, 1.165) is 11.3 Å². The molecular formula is C12H15CsO4S. The predicted octanol–water partition coefficient (Wildman–Crippen LogP) is -0.962. The zero-order chi connectivity index (χ0) is 12.7. The number of hydrogen-bond donors (Lipinski definition) is 0. The second-order valence-electron chi connectivity index (χ2n) is 3.59. The Morgan fingerprint density at radius 2 is 1.83 bits per heavy atom. The van der Waals surface area contributed by atoms with E-state index in [0.29, 0.717) is 19.4 Å². The third kappa shape index (κ3) is 8.76. The smallest absolute Gasteiger partial charge is 0.748 e. The monoisotopic (exact) mass is 388 g/mol. The summed E-state index contributed by atoms with van der Waals surface area (Å²) in [5.74, 6) is 0.395. The summed E-state index contributed by atoms with van der Waals surface area (Å²) >= 11 is 0. The van der Waals surface area contributed by atoms with Crippen LogP contribution in [0.1, 0.15) is 18.4 Å². The van der Waals surface area contributed by atoms with Crippen LogP contribution in [0, 0.1) is 0 Å². The van der Waals surface area contributed by atoms with Gasteiger partial charge < -0.3 is 9.29 Å². The van der Waals surface area contributed by atoms with Gasteiger partial charge in [-0.3, -0.25) is 0 Å². The molecule has 1 aromatic carbocycles. The Labute approximate surface area is 167 Å². The molecular weight excluding hydrogens is 373 g/mol. The van der Waals surface area contributed by atoms with Gasteiger partial charge >= 0.3 is 68.9 Å². The van der Waals surface area contributed by atoms with E-state index >= 15 is 0 Å². The van der Waals surface area contributed by atoms with Gasteiger partial charge in [0.2, 0.25) is 0 Å². The normalized spacial score (nSPS) is 10.5. The molecule has 0 saturated carbocycles. The minimum Gasteiger partial charge on any atom is -0.748 e. The van der Waals surface area contributed by atoms with Gasteiger partial charge in [0.05, 0.1) is 16.7 Å². The van der Waals surface area contributed by atoms with E-state index in [1.54, 1.807) is 6.08 Å². The van der Waals surface area contributed by atoms with E-state index < -0.39 is 10.1 Å². The van der Waals surface area contributed by atoms with Gasteiger partial charge in [-0.15, -0.1) is 0 Å². The Hall–Kier alpha value is 0.722. The Morgan fingerprint density at radius 3 is 2.33 bits per heavy atom. The van der Waals surface area contributed by atoms with Crippen molar-refractivity contribution in [3.63, 3.8) is 0 Å². The van der Waals surface area contributed by atoms with Crippen LogP contribution in [0.25, 0.3) is 6.08 Å². The van der Waals surface area contributed by atoms with Crippen molar-refractivity contribution in [3.05, 3.63) is 36.4 Å². The Balaban J connectivity index is 0.00000289. The van der Waals surface area contributed by atoms with Crippen molar-refractivity contribution in [1.29, 1.82) is 0 Å². The van der Waals surface area contributed by atoms with E-state index in [1.807, 2.05) is 24.3 Å². The van der Waals surface area contributed by atoms with Crippen LogP contribution in [0.15, 0.2) is 30.8 Å². The number of ether oxygens (including phenoxy) is 1. The zero-order valence-corrected chi connectivity index (χ0v) is 17.6. The molecule has 6 heteroatoms. The number of rotatable bonds is 7. The second-order valence-corrected chi connectivity index (χ2v) is 5.11. The summed E-state index contributed by atoms with van der Waals surface area (Å²) in [4.78, 5) is 0. The van der Waals surface area contributed by atoms with Crippen LogP contribution in [0.4, 0.5) is 0 Å². The van der Waals surface area contributed by atoms with Gasteiger partial charge in [-0.2, -0.15) is 0 Å². The maximum absolute atomic E-state index is 10.3. The molecule has 0 radical (unpaired) electrons. The van der Waals surface area contributed by atoms with Crippen molar-refractivity contribution in [3.8, 4) is 5.75 Å². The maximum Gasteiger partial charge on any atom is 1.00 e. The molecule has 0 atom stereocenters. The third-order valence-electron chi connectivity index (χ3n) is 2.17. The Kier molecular flexibility index (Phi) is 9.98. The van der Waals surface area contributed by atoms with E-state index in [1.165, 1.54) is 0 Å². The molecule has 0 heterocycles. The quantitative estimate of drug-likeness (QED) is 0.446. The summed E-state index contributed by atoms with van der Waals surface area (Å²) in [7, 11) is -4.09. The molecule has 0 bridgehead atoms. The summed E-state index contributed by atoms with van der Waals surface area (Å²) in [6, 6.07) is 7.40. The molecule has 94 valence electrons. The van der Waals surface area contributed by atoms with Gasteiger partial charge in [0.25, 0.3) is 0 Å². The first-order valence-electron chi connectivity index (χ1n) is 5.30. The fourth-order valence-electron chi connectivity index (χ4n) is 1.27. The fourth-order valence-corrected chi connectivity index (χ4v) is 1.83. The third-order valence-corrected chi connectivity index (χ3v) is 2.96. The molecule has 0 spiro atoms. The first-order chi connectivity index (χ1) is 8.01. The minimum absolute atomic E-state index is 0. The second kappa shape index (κ2) is 9.60. The van der Waals surface area contributed by atoms with Crippen LogP contribution in [0.2, 0.25) is 0 Å². The first kappa shape index (κ1) is 18.7. The van der Waals surface area contributed by atoms with Crippen LogP contribution in [0.5, 0.6) is 5.75 Å². The number of benzene rings is 1. The molecule has 0 unspecified atom stereocenters. The molecule has 0 N–H and O–H groups in total. The largest absolute Gasteiger partial charge is 1.00 e. The van der Waals surface area contributed by atoms with Gasteiger partial charge in [-0.25, -0.2) is 8.42 Å². The number of hydrogen-bond acceptors (Lipinski definition) is 4. The van der Waals surface area contributed by atoms with Gasteiger partial charge in [-0.1, -0.05) is 24.8 Å². The molecule has 0 saturated heterocycles. The average Bonchev–Trinajstić information content (AvgIpc) is 2.28. The molecule has 0 fully saturated rings. The summed E-state index contributed by atoms with van der Waals surface area (Å²) < 4.78 is 36.4. The van der Waals surface area contributed by atoms with Crippen LogP contribution in [0.3, 0.4) is 0 Å². The van der Waals surface area contributed by atoms with Crippen LogP contribution < -0.4 is 73.6 Å². The van der Waals surface area contributed by atoms with E-state index in [-0.39, 0.29) is 74.6 Å². The van der Waals surface area contributed by atoms with Crippen molar-refractivity contribution in [2.75, 3.05) is 12.4 Å². The van der Waals surface area contributed by atoms with Gasteiger partial charge in [0.1, 0.15) is 5.75 Å². The summed E-state index contributed by atoms with van der Waals surface area (Å²) in [6.45, 7) is 4.05. The predicted molar refractivity (Wildman–Crippen MR) is 65.8 cm³/mol. The fraction of sp³-hybridized carbons (Fsp3) is 0.333. The van der Waals surface area contributed by atoms with Crippen molar-refractivity contribution < 1.29 is 86.6 Å². The Morgan fingerprint density at radius 1 is 1.22 bits per heavy atom. The van der Waals surface area contributed by atoms with Crippen LogP contribution >= 0.6 is 0 Å². The molecule has 0 amide bonds. The van der Waals surface area contributed by atoms with Crippen molar-refractivity contribution in [2.24, 2.45) is 0 Å². The molecule has 0 aliphatic carbocycles. The van der Waals surface area contributed by atoms with E-state index in [4.69, 9.17) is 4.74 Å². The number of unbranched alkanes of at least 4 members (excludes halogenated alkanes) is 1. The molecule has 0 aliphatic rings. The molecule has 0 aromatic heterocycles. The summed E-state index contributed by atoms with van der Waals surface area (Å²) in [5.41, 5.74) is 1.01. The standard InChI is InChI=1S/C12H16O4S.Cs/c1-2-11-5-7-12(8-6-11)16-9-3-4-10-17(13,14)15;/h2,5-8H,1,3-4,9-10H2,(H,13,14,15);/q;+1/p-1. The van der Waals surface area contributed by atoms with Gasteiger partial charge in [0, 0.05) is 5.75 Å². The summed E-state index contributed by atoms with van der Waals surface area (Å²) in [5, 5.41) is 0. The van der Waals surface area contributed by atoms with E-state index in [2.05, 4.69) is 6.58 Å². The molecule has 0 aliphatic heterocycles. The van der Waals surface area contributed by atoms with Gasteiger partial charge in [0.15, 0.2) is 0 Å². The zero-order valence-electron chi connectivity index (χ0n) is 10.5. The first-order valence-corrected chi connectivity index (χ1v) is 6.88. The van der Waals surface area contributed by atoms with Crippen LogP contribution in [-0.2, 0) is 10.1 Å². The van der Waals surface area contributed by atoms with Crippen molar-refractivity contribution in [1.82, 2.24) is 0 Å². The maximum atomic E-state index is 10.3. The molecule has 18 heavy (non-hydrogen) atoms. The SMILES string of the molecule is C=Cc1ccc(OCCCCS(=O)(=O)[O-])cc1.[Cs+]. The molecule has 1 aromatic rings. The molecule has 4 nitrogen and oxygen atoms in total. The van der Waals surface area contributed by atoms with Crippen molar-refractivity contribution in [2.45, 2.75) is 12.8 Å². The Bertz CT molecular complexity index is 453. The minimum atomic E-state index is -4.09. The van der Waals surface area contributed by atoms with Crippen LogP contribution in [-0.4, -0.2) is 25.3 Å². The van der Waals surface area contributed by atoms with Gasteiger partial charge in [-0.05, 0) is 30.5 Å².